The number of primary sulfonamides is 1. The number of anilines is 1. The van der Waals surface area contributed by atoms with E-state index in [-0.39, 0.29) is 12.3 Å². The first-order chi connectivity index (χ1) is 9.38. The second-order valence-corrected chi connectivity index (χ2v) is 5.96. The molecule has 0 atom stereocenters. The van der Waals surface area contributed by atoms with E-state index in [1.165, 1.54) is 6.20 Å². The molecule has 0 saturated carbocycles. The predicted molar refractivity (Wildman–Crippen MR) is 76.5 cm³/mol. The van der Waals surface area contributed by atoms with Gasteiger partial charge < -0.3 is 11.1 Å². The van der Waals surface area contributed by atoms with Gasteiger partial charge in [0.05, 0.1) is 11.3 Å². The Bertz CT molecular complexity index is 758. The predicted octanol–water partition coefficient (Wildman–Crippen LogP) is -0.165. The van der Waals surface area contributed by atoms with Crippen molar-refractivity contribution in [2.45, 2.75) is 0 Å². The second kappa shape index (κ2) is 5.43. The number of fused-ring (bicyclic) bond motifs is 1. The van der Waals surface area contributed by atoms with Gasteiger partial charge >= 0.3 is 0 Å². The first-order valence-electron chi connectivity index (χ1n) is 5.80. The van der Waals surface area contributed by atoms with E-state index in [0.29, 0.717) is 22.2 Å². The minimum absolute atomic E-state index is 0.0592. The number of nitrogens with zero attached hydrogens (tertiary/aromatic N) is 1. The average Bonchev–Trinajstić information content (AvgIpc) is 2.38. The molecular weight excluding hydrogens is 280 g/mol. The lowest BCUT2D eigenvalue weighted by Gasteiger charge is -2.08. The first-order valence-corrected chi connectivity index (χ1v) is 7.52. The first kappa shape index (κ1) is 14.2. The van der Waals surface area contributed by atoms with E-state index in [9.17, 15) is 13.2 Å². The summed E-state index contributed by atoms with van der Waals surface area (Å²) >= 11 is 0. The lowest BCUT2D eigenvalue weighted by atomic mass is 10.1. The summed E-state index contributed by atoms with van der Waals surface area (Å²) in [7, 11) is -3.60. The molecule has 0 aliphatic heterocycles. The smallest absolute Gasteiger partial charge is 0.253 e. The normalized spacial score (nSPS) is 11.4. The van der Waals surface area contributed by atoms with E-state index in [2.05, 4.69) is 10.3 Å². The molecule has 0 saturated heterocycles. The number of nitrogens with two attached hydrogens (primary N) is 2. The molecule has 106 valence electrons. The molecule has 5 N–H and O–H groups in total. The van der Waals surface area contributed by atoms with Crippen LogP contribution in [0.25, 0.3) is 10.8 Å². The van der Waals surface area contributed by atoms with Crippen molar-refractivity contribution in [3.8, 4) is 0 Å². The molecule has 20 heavy (non-hydrogen) atoms. The number of hydrogen-bond acceptors (Lipinski definition) is 5. The number of nitrogen functional groups attached to an aromatic ring is 1. The highest BCUT2D eigenvalue weighted by Crippen LogP contribution is 2.22. The van der Waals surface area contributed by atoms with Crippen molar-refractivity contribution >= 4 is 32.5 Å². The Hall–Kier alpha value is -2.19. The third-order valence-corrected chi connectivity index (χ3v) is 3.52. The number of benzene rings is 1. The summed E-state index contributed by atoms with van der Waals surface area (Å²) in [5.74, 6) is -0.405. The van der Waals surface area contributed by atoms with E-state index in [1.807, 2.05) is 0 Å². The van der Waals surface area contributed by atoms with Gasteiger partial charge in [0, 0.05) is 18.1 Å². The van der Waals surface area contributed by atoms with Crippen LogP contribution < -0.4 is 16.2 Å². The molecular formula is C12H14N4O3S. The summed E-state index contributed by atoms with van der Waals surface area (Å²) < 4.78 is 21.6. The van der Waals surface area contributed by atoms with E-state index in [0.717, 1.165) is 0 Å². The Morgan fingerprint density at radius 3 is 2.55 bits per heavy atom. The minimum atomic E-state index is -3.60. The highest BCUT2D eigenvalue weighted by atomic mass is 32.2. The molecule has 0 bridgehead atoms. The van der Waals surface area contributed by atoms with Gasteiger partial charge in [-0.1, -0.05) is 24.3 Å². The molecule has 0 spiro atoms. The lowest BCUT2D eigenvalue weighted by Crippen LogP contribution is -2.31. The lowest BCUT2D eigenvalue weighted by molar-refractivity contribution is 0.0957. The number of sulfonamides is 1. The van der Waals surface area contributed by atoms with E-state index in [1.54, 1.807) is 24.3 Å². The van der Waals surface area contributed by atoms with Crippen LogP contribution >= 0.6 is 0 Å². The van der Waals surface area contributed by atoms with Gasteiger partial charge in [-0.3, -0.25) is 4.79 Å². The van der Waals surface area contributed by atoms with Gasteiger partial charge in [-0.15, -0.1) is 0 Å². The zero-order valence-electron chi connectivity index (χ0n) is 10.5. The van der Waals surface area contributed by atoms with Gasteiger partial charge in [-0.05, 0) is 5.39 Å². The number of carbonyl (C=O) groups excluding carboxylic acids is 1. The molecule has 0 unspecified atom stereocenters. The van der Waals surface area contributed by atoms with Gasteiger partial charge in [0.2, 0.25) is 10.0 Å². The number of aromatic nitrogens is 1. The average molecular weight is 294 g/mol. The molecule has 0 aliphatic rings. The van der Waals surface area contributed by atoms with Gasteiger partial charge in [0.1, 0.15) is 5.82 Å². The molecule has 0 fully saturated rings. The van der Waals surface area contributed by atoms with Crippen LogP contribution in [0.15, 0.2) is 30.5 Å². The second-order valence-electron chi connectivity index (χ2n) is 4.23. The number of nitrogens with one attached hydrogen (secondary N) is 1. The van der Waals surface area contributed by atoms with E-state index in [4.69, 9.17) is 10.9 Å². The molecule has 8 heteroatoms. The fourth-order valence-corrected chi connectivity index (χ4v) is 2.18. The molecule has 7 nitrogen and oxygen atoms in total. The van der Waals surface area contributed by atoms with Crippen LogP contribution in [0.5, 0.6) is 0 Å². The number of amides is 1. The van der Waals surface area contributed by atoms with Crippen molar-refractivity contribution in [2.75, 3.05) is 18.0 Å². The van der Waals surface area contributed by atoms with Gasteiger partial charge in [0.15, 0.2) is 0 Å². The van der Waals surface area contributed by atoms with Gasteiger partial charge in [-0.25, -0.2) is 18.5 Å². The van der Waals surface area contributed by atoms with Crippen molar-refractivity contribution in [2.24, 2.45) is 5.14 Å². The van der Waals surface area contributed by atoms with Crippen molar-refractivity contribution in [3.05, 3.63) is 36.0 Å². The molecule has 2 aromatic rings. The summed E-state index contributed by atoms with van der Waals surface area (Å²) in [5.41, 5.74) is 6.08. The Balaban J connectivity index is 2.25. The fraction of sp³-hybridized carbons (Fsp3) is 0.167. The summed E-state index contributed by atoms with van der Waals surface area (Å²) in [6, 6.07) is 7.09. The number of rotatable bonds is 4. The SMILES string of the molecule is Nc1ncc(C(=O)NCCS(N)(=O)=O)c2ccccc12. The highest BCUT2D eigenvalue weighted by molar-refractivity contribution is 7.89. The molecule has 0 radical (unpaired) electrons. The fourth-order valence-electron chi connectivity index (χ4n) is 1.80. The molecule has 2 rings (SSSR count). The van der Waals surface area contributed by atoms with Crippen molar-refractivity contribution in [1.82, 2.24) is 10.3 Å². The molecule has 0 aliphatic carbocycles. The highest BCUT2D eigenvalue weighted by Gasteiger charge is 2.12. The zero-order valence-corrected chi connectivity index (χ0v) is 11.4. The Kier molecular flexibility index (Phi) is 3.86. The van der Waals surface area contributed by atoms with Gasteiger partial charge in [-0.2, -0.15) is 0 Å². The number of pyridine rings is 1. The van der Waals surface area contributed by atoms with Crippen LogP contribution in [0, 0.1) is 0 Å². The number of hydrogen-bond donors (Lipinski definition) is 3. The van der Waals surface area contributed by atoms with E-state index < -0.39 is 15.9 Å². The maximum Gasteiger partial charge on any atom is 0.253 e. The third kappa shape index (κ3) is 3.22. The number of carbonyl (C=O) groups is 1. The van der Waals surface area contributed by atoms with Crippen LogP contribution in [0.4, 0.5) is 5.82 Å². The van der Waals surface area contributed by atoms with Gasteiger partial charge in [0.25, 0.3) is 5.91 Å². The monoisotopic (exact) mass is 294 g/mol. The summed E-state index contributed by atoms with van der Waals surface area (Å²) in [6.07, 6.45) is 1.37. The maximum absolute atomic E-state index is 12.0. The van der Waals surface area contributed by atoms with Crippen LogP contribution in [-0.4, -0.2) is 31.6 Å². The topological polar surface area (TPSA) is 128 Å². The quantitative estimate of drug-likeness (QED) is 0.721. The van der Waals surface area contributed by atoms with Crippen LogP contribution in [-0.2, 0) is 10.0 Å². The zero-order chi connectivity index (χ0) is 14.8. The minimum Gasteiger partial charge on any atom is -0.383 e. The van der Waals surface area contributed by atoms with Crippen LogP contribution in [0.2, 0.25) is 0 Å². The largest absolute Gasteiger partial charge is 0.383 e. The van der Waals surface area contributed by atoms with Crippen molar-refractivity contribution in [3.63, 3.8) is 0 Å². The van der Waals surface area contributed by atoms with E-state index >= 15 is 0 Å². The van der Waals surface area contributed by atoms with Crippen LogP contribution in [0.3, 0.4) is 0 Å². The Morgan fingerprint density at radius 1 is 1.25 bits per heavy atom. The summed E-state index contributed by atoms with van der Waals surface area (Å²) in [5, 5.41) is 8.68. The Labute approximate surface area is 116 Å². The molecule has 1 aromatic heterocycles. The van der Waals surface area contributed by atoms with Crippen molar-refractivity contribution in [1.29, 1.82) is 0 Å². The van der Waals surface area contributed by atoms with Crippen molar-refractivity contribution < 1.29 is 13.2 Å². The summed E-state index contributed by atoms with van der Waals surface area (Å²) in [4.78, 5) is 16.0. The Morgan fingerprint density at radius 2 is 1.90 bits per heavy atom. The maximum atomic E-state index is 12.0. The summed E-state index contributed by atoms with van der Waals surface area (Å²) in [6.45, 7) is -0.0592. The molecule has 1 heterocycles. The molecule has 1 amide bonds. The standard InChI is InChI=1S/C12H14N4O3S/c13-11-9-4-2-1-3-8(9)10(7-16-11)12(17)15-5-6-20(14,18)19/h1-4,7H,5-6H2,(H2,13,16)(H,15,17)(H2,14,18,19). The van der Waals surface area contributed by atoms with Crippen LogP contribution in [0.1, 0.15) is 10.4 Å². The molecule has 1 aromatic carbocycles. The third-order valence-electron chi connectivity index (χ3n) is 2.74.